The van der Waals surface area contributed by atoms with Crippen LogP contribution in [0, 0.1) is 10.1 Å². The summed E-state index contributed by atoms with van der Waals surface area (Å²) in [6.07, 6.45) is 2.96. The molecule has 82 valence electrons. The molecule has 0 unspecified atom stereocenters. The average molecular weight is 284 g/mol. The highest BCUT2D eigenvalue weighted by Crippen LogP contribution is 2.26. The summed E-state index contributed by atoms with van der Waals surface area (Å²) in [7, 11) is 1.68. The Morgan fingerprint density at radius 3 is 2.88 bits per heavy atom. The molecule has 0 aliphatic heterocycles. The van der Waals surface area contributed by atoms with Gasteiger partial charge in [-0.15, -0.1) is 0 Å². The van der Waals surface area contributed by atoms with Crippen LogP contribution in [-0.2, 0) is 7.05 Å². The molecule has 2 rings (SSSR count). The third-order valence-electron chi connectivity index (χ3n) is 1.96. The van der Waals surface area contributed by atoms with Gasteiger partial charge < -0.3 is 10.1 Å². The third kappa shape index (κ3) is 1.78. The highest BCUT2D eigenvalue weighted by Gasteiger charge is 2.21. The maximum Gasteiger partial charge on any atom is 0.392 e. The predicted molar refractivity (Wildman–Crippen MR) is 58.6 cm³/mol. The second-order valence-electron chi connectivity index (χ2n) is 2.96. The fraction of sp³-hybridized carbons (Fsp3) is 0.125. The van der Waals surface area contributed by atoms with E-state index in [-0.39, 0.29) is 11.5 Å². The number of rotatable bonds is 2. The summed E-state index contributed by atoms with van der Waals surface area (Å²) in [4.78, 5) is 18.0. The van der Waals surface area contributed by atoms with Crippen LogP contribution in [0.25, 0.3) is 11.4 Å². The first-order valence-electron chi connectivity index (χ1n) is 4.25. The molecule has 0 fully saturated rings. The van der Waals surface area contributed by atoms with E-state index in [4.69, 9.17) is 0 Å². The molecular formula is C8H6BrN5O2. The van der Waals surface area contributed by atoms with Crippen LogP contribution < -0.4 is 0 Å². The van der Waals surface area contributed by atoms with E-state index in [1.54, 1.807) is 19.3 Å². The van der Waals surface area contributed by atoms with Gasteiger partial charge in [-0.05, 0) is 16.0 Å². The Hall–Kier alpha value is -1.83. The minimum atomic E-state index is -0.569. The first kappa shape index (κ1) is 10.7. The first-order valence-corrected chi connectivity index (χ1v) is 5.04. The van der Waals surface area contributed by atoms with Crippen molar-refractivity contribution in [2.24, 2.45) is 7.05 Å². The number of hydrogen-bond donors (Lipinski definition) is 0. The molecule has 0 aliphatic rings. The first-order chi connectivity index (χ1) is 7.59. The van der Waals surface area contributed by atoms with Crippen molar-refractivity contribution in [3.8, 4) is 11.4 Å². The van der Waals surface area contributed by atoms with Gasteiger partial charge in [-0.25, -0.2) is 4.98 Å². The topological polar surface area (TPSA) is 86.7 Å². The van der Waals surface area contributed by atoms with Crippen LogP contribution in [0.2, 0.25) is 0 Å². The molecule has 2 aromatic heterocycles. The molecule has 2 heterocycles. The van der Waals surface area contributed by atoms with Gasteiger partial charge in [-0.1, -0.05) is 0 Å². The minimum absolute atomic E-state index is 0.202. The van der Waals surface area contributed by atoms with Crippen LogP contribution in [0.1, 0.15) is 0 Å². The van der Waals surface area contributed by atoms with E-state index >= 15 is 0 Å². The number of aryl methyl sites for hydroxylation is 1. The highest BCUT2D eigenvalue weighted by molar-refractivity contribution is 9.10. The lowest BCUT2D eigenvalue weighted by atomic mass is 10.3. The fourth-order valence-corrected chi connectivity index (χ4v) is 1.54. The van der Waals surface area contributed by atoms with E-state index in [9.17, 15) is 10.1 Å². The van der Waals surface area contributed by atoms with Gasteiger partial charge in [0.15, 0.2) is 5.69 Å². The molecule has 16 heavy (non-hydrogen) atoms. The van der Waals surface area contributed by atoms with Crippen molar-refractivity contribution in [3.63, 3.8) is 0 Å². The number of hydrogen-bond acceptors (Lipinski definition) is 5. The van der Waals surface area contributed by atoms with E-state index in [1.807, 2.05) is 0 Å². The lowest BCUT2D eigenvalue weighted by Crippen LogP contribution is -2.02. The zero-order chi connectivity index (χ0) is 11.7. The van der Waals surface area contributed by atoms with Crippen molar-refractivity contribution in [3.05, 3.63) is 33.2 Å². The van der Waals surface area contributed by atoms with Gasteiger partial charge in [0.2, 0.25) is 4.60 Å². The Morgan fingerprint density at radius 2 is 2.31 bits per heavy atom. The minimum Gasteiger partial charge on any atom is -0.358 e. The van der Waals surface area contributed by atoms with E-state index in [0.29, 0.717) is 10.3 Å². The summed E-state index contributed by atoms with van der Waals surface area (Å²) >= 11 is 3.05. The van der Waals surface area contributed by atoms with E-state index in [2.05, 4.69) is 31.0 Å². The molecule has 0 atom stereocenters. The van der Waals surface area contributed by atoms with Gasteiger partial charge in [0.1, 0.15) is 0 Å². The van der Waals surface area contributed by atoms with Crippen LogP contribution in [0.4, 0.5) is 5.82 Å². The molecule has 0 saturated carbocycles. The Morgan fingerprint density at radius 1 is 1.56 bits per heavy atom. The molecule has 0 aromatic carbocycles. The monoisotopic (exact) mass is 283 g/mol. The van der Waals surface area contributed by atoms with Crippen molar-refractivity contribution < 1.29 is 4.92 Å². The molecule has 0 N–H and O–H groups in total. The lowest BCUT2D eigenvalue weighted by molar-refractivity contribution is -0.389. The van der Waals surface area contributed by atoms with Gasteiger partial charge >= 0.3 is 5.82 Å². The molecular weight excluding hydrogens is 278 g/mol. The van der Waals surface area contributed by atoms with Crippen LogP contribution in [0.5, 0.6) is 0 Å². The molecule has 0 saturated heterocycles. The third-order valence-corrected chi connectivity index (χ3v) is 2.34. The summed E-state index contributed by atoms with van der Waals surface area (Å²) in [5, 5.41) is 14.8. The quantitative estimate of drug-likeness (QED) is 0.616. The smallest absolute Gasteiger partial charge is 0.358 e. The van der Waals surface area contributed by atoms with Crippen molar-refractivity contribution in [2.45, 2.75) is 0 Å². The number of nitro groups is 1. The van der Waals surface area contributed by atoms with Crippen LogP contribution in [0.3, 0.4) is 0 Å². The molecule has 0 radical (unpaired) electrons. The maximum atomic E-state index is 10.8. The van der Waals surface area contributed by atoms with Crippen molar-refractivity contribution in [2.75, 3.05) is 0 Å². The van der Waals surface area contributed by atoms with Gasteiger partial charge in [-0.3, -0.25) is 4.68 Å². The zero-order valence-electron chi connectivity index (χ0n) is 8.16. The van der Waals surface area contributed by atoms with E-state index < -0.39 is 4.92 Å². The molecule has 0 aliphatic carbocycles. The molecule has 0 spiro atoms. The Bertz CT molecular complexity index is 553. The van der Waals surface area contributed by atoms with Gasteiger partial charge in [0.25, 0.3) is 0 Å². The molecule has 2 aromatic rings. The van der Waals surface area contributed by atoms with Gasteiger partial charge in [-0.2, -0.15) is 5.10 Å². The van der Waals surface area contributed by atoms with Gasteiger partial charge in [0.05, 0.1) is 11.9 Å². The van der Waals surface area contributed by atoms with Crippen LogP contribution >= 0.6 is 15.9 Å². The molecule has 0 bridgehead atoms. The molecule has 0 amide bonds. The standard InChI is InChI=1S/C8H6BrN5O2/c1-13-5(2-3-11-13)7-8(14(15)16)12-6(9)4-10-7/h2-4H,1H3. The van der Waals surface area contributed by atoms with E-state index in [0.717, 1.165) is 0 Å². The number of nitrogens with zero attached hydrogens (tertiary/aromatic N) is 5. The fourth-order valence-electron chi connectivity index (χ4n) is 1.27. The summed E-state index contributed by atoms with van der Waals surface area (Å²) in [5.74, 6) is -0.294. The number of halogens is 1. The SMILES string of the molecule is Cn1nccc1-c1ncc(Br)nc1[N+](=O)[O-]. The molecule has 8 heteroatoms. The zero-order valence-corrected chi connectivity index (χ0v) is 9.75. The van der Waals surface area contributed by atoms with E-state index in [1.165, 1.54) is 10.9 Å². The van der Waals surface area contributed by atoms with Crippen molar-refractivity contribution >= 4 is 21.7 Å². The van der Waals surface area contributed by atoms with Crippen molar-refractivity contribution in [1.82, 2.24) is 19.7 Å². The Labute approximate surface area is 98.4 Å². The second-order valence-corrected chi connectivity index (χ2v) is 3.77. The summed E-state index contributed by atoms with van der Waals surface area (Å²) in [6.45, 7) is 0. The summed E-state index contributed by atoms with van der Waals surface area (Å²) in [5.41, 5.74) is 0.750. The summed E-state index contributed by atoms with van der Waals surface area (Å²) < 4.78 is 1.83. The Balaban J connectivity index is 2.65. The maximum absolute atomic E-state index is 10.8. The normalized spacial score (nSPS) is 10.4. The van der Waals surface area contributed by atoms with Crippen LogP contribution in [0.15, 0.2) is 23.1 Å². The number of aromatic nitrogens is 4. The van der Waals surface area contributed by atoms with Crippen molar-refractivity contribution in [1.29, 1.82) is 0 Å². The predicted octanol–water partition coefficient (Wildman–Crippen LogP) is 1.55. The lowest BCUT2D eigenvalue weighted by Gasteiger charge is -2.01. The van der Waals surface area contributed by atoms with Crippen LogP contribution in [-0.4, -0.2) is 24.7 Å². The average Bonchev–Trinajstić information content (AvgIpc) is 2.64. The Kier molecular flexibility index (Phi) is 2.65. The highest BCUT2D eigenvalue weighted by atomic mass is 79.9. The second kappa shape index (κ2) is 3.97. The van der Waals surface area contributed by atoms with Gasteiger partial charge in [0, 0.05) is 29.2 Å². The summed E-state index contributed by atoms with van der Waals surface area (Å²) in [6, 6.07) is 1.64. The molecule has 7 nitrogen and oxygen atoms in total. The largest absolute Gasteiger partial charge is 0.392 e.